The Morgan fingerprint density at radius 1 is 1.56 bits per heavy atom. The number of nitrogens with zero attached hydrogens (tertiary/aromatic N) is 1. The molecule has 0 aromatic heterocycles. The van der Waals surface area contributed by atoms with E-state index in [2.05, 4.69) is 15.9 Å². The highest BCUT2D eigenvalue weighted by Gasteiger charge is 2.18. The first-order chi connectivity index (χ1) is 7.41. The largest absolute Gasteiger partial charge is 0.481 e. The maximum Gasteiger partial charge on any atom is 0.305 e. The van der Waals surface area contributed by atoms with Gasteiger partial charge >= 0.3 is 5.97 Å². The molecular formula is C11H13BrClNO2. The molecule has 1 unspecified atom stereocenters. The number of halogens is 2. The van der Waals surface area contributed by atoms with E-state index >= 15 is 0 Å². The second-order valence-corrected chi connectivity index (χ2v) is 5.01. The van der Waals surface area contributed by atoms with Crippen molar-refractivity contribution in [3.8, 4) is 0 Å². The predicted octanol–water partition coefficient (Wildman–Crippen LogP) is 3.18. The van der Waals surface area contributed by atoms with E-state index in [1.807, 2.05) is 31.1 Å². The van der Waals surface area contributed by atoms with Crippen molar-refractivity contribution < 1.29 is 9.90 Å². The number of carboxylic acid groups (broad SMARTS) is 1. The Morgan fingerprint density at radius 2 is 2.19 bits per heavy atom. The Labute approximate surface area is 108 Å². The summed E-state index contributed by atoms with van der Waals surface area (Å²) in [6, 6.07) is 5.34. The molecule has 0 spiro atoms. The van der Waals surface area contributed by atoms with Gasteiger partial charge in [-0.05, 0) is 47.7 Å². The lowest BCUT2D eigenvalue weighted by atomic mass is 10.0. The summed E-state index contributed by atoms with van der Waals surface area (Å²) in [6.07, 6.45) is 0.0605. The minimum Gasteiger partial charge on any atom is -0.481 e. The lowest BCUT2D eigenvalue weighted by Crippen LogP contribution is -2.22. The smallest absolute Gasteiger partial charge is 0.305 e. The van der Waals surface area contributed by atoms with Crippen LogP contribution in [0.1, 0.15) is 18.0 Å². The normalized spacial score (nSPS) is 12.8. The number of carbonyl (C=O) groups is 1. The number of rotatable bonds is 4. The highest BCUT2D eigenvalue weighted by Crippen LogP contribution is 2.29. The third-order valence-corrected chi connectivity index (χ3v) is 3.55. The van der Waals surface area contributed by atoms with Crippen LogP contribution in [0, 0.1) is 0 Å². The molecule has 0 saturated carbocycles. The van der Waals surface area contributed by atoms with Crippen LogP contribution < -0.4 is 0 Å². The molecule has 5 heteroatoms. The first-order valence-electron chi connectivity index (χ1n) is 4.75. The first kappa shape index (κ1) is 13.5. The van der Waals surface area contributed by atoms with E-state index in [9.17, 15) is 4.79 Å². The van der Waals surface area contributed by atoms with Crippen LogP contribution in [0.4, 0.5) is 0 Å². The maximum atomic E-state index is 10.8. The molecule has 0 heterocycles. The Hall–Kier alpha value is -0.580. The number of carboxylic acids is 1. The molecule has 1 aromatic carbocycles. The third kappa shape index (κ3) is 3.47. The van der Waals surface area contributed by atoms with E-state index in [1.54, 1.807) is 6.07 Å². The molecular weight excluding hydrogens is 293 g/mol. The van der Waals surface area contributed by atoms with Gasteiger partial charge in [0, 0.05) is 10.5 Å². The zero-order valence-electron chi connectivity index (χ0n) is 9.08. The summed E-state index contributed by atoms with van der Waals surface area (Å²) in [5, 5.41) is 9.44. The lowest BCUT2D eigenvalue weighted by molar-refractivity contribution is -0.138. The van der Waals surface area contributed by atoms with E-state index in [-0.39, 0.29) is 12.5 Å². The summed E-state index contributed by atoms with van der Waals surface area (Å²) in [7, 11) is 3.70. The molecule has 1 aromatic rings. The van der Waals surface area contributed by atoms with Gasteiger partial charge in [0.15, 0.2) is 0 Å². The molecule has 0 fully saturated rings. The average molecular weight is 307 g/mol. The van der Waals surface area contributed by atoms with Crippen molar-refractivity contribution in [2.75, 3.05) is 14.1 Å². The second kappa shape index (κ2) is 5.66. The molecule has 1 rings (SSSR count). The summed E-state index contributed by atoms with van der Waals surface area (Å²) in [5.41, 5.74) is 0.903. The minimum atomic E-state index is -0.822. The van der Waals surface area contributed by atoms with Crippen molar-refractivity contribution in [3.05, 3.63) is 33.3 Å². The van der Waals surface area contributed by atoms with Gasteiger partial charge in [0.05, 0.1) is 11.4 Å². The SMILES string of the molecule is CN(C)C(CC(=O)O)c1ccc(Br)c(Cl)c1. The fraction of sp³-hybridized carbons (Fsp3) is 0.364. The lowest BCUT2D eigenvalue weighted by Gasteiger charge is -2.23. The average Bonchev–Trinajstić information content (AvgIpc) is 2.18. The van der Waals surface area contributed by atoms with Crippen molar-refractivity contribution in [2.24, 2.45) is 0 Å². The molecule has 1 N–H and O–H groups in total. The van der Waals surface area contributed by atoms with Gasteiger partial charge in [0.2, 0.25) is 0 Å². The minimum absolute atomic E-state index is 0.0605. The van der Waals surface area contributed by atoms with Crippen LogP contribution in [-0.2, 0) is 4.79 Å². The zero-order valence-corrected chi connectivity index (χ0v) is 11.4. The van der Waals surface area contributed by atoms with Gasteiger partial charge in [-0.2, -0.15) is 0 Å². The van der Waals surface area contributed by atoms with Crippen molar-refractivity contribution in [2.45, 2.75) is 12.5 Å². The van der Waals surface area contributed by atoms with Crippen molar-refractivity contribution >= 4 is 33.5 Å². The van der Waals surface area contributed by atoms with E-state index in [0.29, 0.717) is 5.02 Å². The van der Waals surface area contributed by atoms with Crippen LogP contribution >= 0.6 is 27.5 Å². The zero-order chi connectivity index (χ0) is 12.3. The Bertz CT molecular complexity index is 396. The Kier molecular flexibility index (Phi) is 4.77. The number of hydrogen-bond donors (Lipinski definition) is 1. The maximum absolute atomic E-state index is 10.8. The standard InChI is InChI=1S/C11H13BrClNO2/c1-14(2)10(6-11(15)16)7-3-4-8(12)9(13)5-7/h3-5,10H,6H2,1-2H3,(H,15,16). The molecule has 0 aliphatic heterocycles. The summed E-state index contributed by atoms with van der Waals surface area (Å²) >= 11 is 9.29. The molecule has 88 valence electrons. The van der Waals surface area contributed by atoms with Crippen LogP contribution in [0.25, 0.3) is 0 Å². The van der Waals surface area contributed by atoms with E-state index in [4.69, 9.17) is 16.7 Å². The Morgan fingerprint density at radius 3 is 2.62 bits per heavy atom. The van der Waals surface area contributed by atoms with Crippen molar-refractivity contribution in [1.29, 1.82) is 0 Å². The topological polar surface area (TPSA) is 40.5 Å². The van der Waals surface area contributed by atoms with Crippen LogP contribution in [0.15, 0.2) is 22.7 Å². The summed E-state index contributed by atoms with van der Waals surface area (Å²) in [4.78, 5) is 12.6. The molecule has 0 saturated heterocycles. The summed E-state index contributed by atoms with van der Waals surface area (Å²) < 4.78 is 0.811. The van der Waals surface area contributed by atoms with Gasteiger partial charge in [-0.1, -0.05) is 17.7 Å². The fourth-order valence-corrected chi connectivity index (χ4v) is 1.92. The van der Waals surface area contributed by atoms with Crippen LogP contribution in [0.2, 0.25) is 5.02 Å². The number of aliphatic carboxylic acids is 1. The van der Waals surface area contributed by atoms with Crippen LogP contribution in [-0.4, -0.2) is 30.1 Å². The number of benzene rings is 1. The highest BCUT2D eigenvalue weighted by molar-refractivity contribution is 9.10. The van der Waals surface area contributed by atoms with E-state index in [0.717, 1.165) is 10.0 Å². The van der Waals surface area contributed by atoms with Gasteiger partial charge in [-0.25, -0.2) is 0 Å². The second-order valence-electron chi connectivity index (χ2n) is 3.75. The van der Waals surface area contributed by atoms with Crippen molar-refractivity contribution in [1.82, 2.24) is 4.90 Å². The fourth-order valence-electron chi connectivity index (χ4n) is 1.48. The molecule has 0 radical (unpaired) electrons. The monoisotopic (exact) mass is 305 g/mol. The summed E-state index contributed by atoms with van der Waals surface area (Å²) in [6.45, 7) is 0. The van der Waals surface area contributed by atoms with Gasteiger partial charge in [-0.15, -0.1) is 0 Å². The quantitative estimate of drug-likeness (QED) is 0.929. The molecule has 16 heavy (non-hydrogen) atoms. The van der Waals surface area contributed by atoms with Gasteiger partial charge in [-0.3, -0.25) is 4.79 Å². The van der Waals surface area contributed by atoms with Gasteiger partial charge in [0.1, 0.15) is 0 Å². The first-order valence-corrected chi connectivity index (χ1v) is 5.92. The molecule has 0 aliphatic carbocycles. The van der Waals surface area contributed by atoms with E-state index in [1.165, 1.54) is 0 Å². The molecule has 1 atom stereocenters. The van der Waals surface area contributed by atoms with Gasteiger partial charge in [0.25, 0.3) is 0 Å². The van der Waals surface area contributed by atoms with Crippen LogP contribution in [0.3, 0.4) is 0 Å². The molecule has 0 amide bonds. The van der Waals surface area contributed by atoms with Crippen molar-refractivity contribution in [3.63, 3.8) is 0 Å². The molecule has 0 bridgehead atoms. The predicted molar refractivity (Wildman–Crippen MR) is 67.8 cm³/mol. The highest BCUT2D eigenvalue weighted by atomic mass is 79.9. The summed E-state index contributed by atoms with van der Waals surface area (Å²) in [5.74, 6) is -0.822. The Balaban J connectivity index is 3.01. The molecule has 3 nitrogen and oxygen atoms in total. The van der Waals surface area contributed by atoms with Gasteiger partial charge < -0.3 is 10.0 Å². The van der Waals surface area contributed by atoms with E-state index < -0.39 is 5.97 Å². The van der Waals surface area contributed by atoms with Crippen LogP contribution in [0.5, 0.6) is 0 Å². The molecule has 0 aliphatic rings. The number of hydrogen-bond acceptors (Lipinski definition) is 2. The third-order valence-electron chi connectivity index (χ3n) is 2.32.